The third kappa shape index (κ3) is 5.38. The molecule has 2 aromatic rings. The van der Waals surface area contributed by atoms with Gasteiger partial charge in [0.2, 0.25) is 5.91 Å². The van der Waals surface area contributed by atoms with Crippen LogP contribution < -0.4 is 11.1 Å². The number of rotatable bonds is 6. The van der Waals surface area contributed by atoms with E-state index in [9.17, 15) is 9.90 Å². The molecule has 0 saturated carbocycles. The lowest BCUT2D eigenvalue weighted by molar-refractivity contribution is -0.121. The predicted molar refractivity (Wildman–Crippen MR) is 88.7 cm³/mol. The fourth-order valence-corrected chi connectivity index (χ4v) is 2.60. The average molecular weight is 327 g/mol. The van der Waals surface area contributed by atoms with Gasteiger partial charge in [0.25, 0.3) is 0 Å². The van der Waals surface area contributed by atoms with Gasteiger partial charge in [-0.25, -0.2) is 0 Å². The van der Waals surface area contributed by atoms with Crippen molar-refractivity contribution in [3.05, 3.63) is 52.2 Å². The Morgan fingerprint density at radius 2 is 2.10 bits per heavy atom. The number of aryl methyl sites for hydroxylation is 1. The summed E-state index contributed by atoms with van der Waals surface area (Å²) in [5.74, 6) is -0.0810. The van der Waals surface area contributed by atoms with Gasteiger partial charge in [-0.3, -0.25) is 4.79 Å². The number of para-hydroxylation sites is 1. The standard InChI is InChI=1S/C15H18N2O2S.ClH/c16-13-4-2-1-3-11(13)5-6-15(19)17-9-14(18)12-7-8-20-10-12;/h1-4,7-8,10,14,18H,5-6,9,16H2,(H,17,19);1H. The summed E-state index contributed by atoms with van der Waals surface area (Å²) < 4.78 is 0. The van der Waals surface area contributed by atoms with Crippen molar-refractivity contribution in [2.75, 3.05) is 12.3 Å². The van der Waals surface area contributed by atoms with Crippen molar-refractivity contribution >= 4 is 35.3 Å². The minimum Gasteiger partial charge on any atom is -0.399 e. The van der Waals surface area contributed by atoms with E-state index < -0.39 is 6.10 Å². The SMILES string of the molecule is Cl.Nc1ccccc1CCC(=O)NCC(O)c1ccsc1. The van der Waals surface area contributed by atoms with E-state index in [0.29, 0.717) is 18.5 Å². The van der Waals surface area contributed by atoms with Gasteiger partial charge in [-0.1, -0.05) is 18.2 Å². The number of anilines is 1. The van der Waals surface area contributed by atoms with E-state index in [2.05, 4.69) is 5.32 Å². The number of halogens is 1. The molecule has 1 amide bonds. The number of aliphatic hydroxyl groups excluding tert-OH is 1. The molecule has 0 fully saturated rings. The van der Waals surface area contributed by atoms with Gasteiger partial charge in [-0.2, -0.15) is 11.3 Å². The lowest BCUT2D eigenvalue weighted by Crippen LogP contribution is -2.28. The zero-order valence-corrected chi connectivity index (χ0v) is 13.1. The van der Waals surface area contributed by atoms with Gasteiger partial charge < -0.3 is 16.2 Å². The summed E-state index contributed by atoms with van der Waals surface area (Å²) >= 11 is 1.52. The number of benzene rings is 1. The number of nitrogen functional groups attached to an aromatic ring is 1. The molecule has 4 nitrogen and oxygen atoms in total. The highest BCUT2D eigenvalue weighted by Gasteiger charge is 2.10. The lowest BCUT2D eigenvalue weighted by Gasteiger charge is -2.11. The van der Waals surface area contributed by atoms with Gasteiger partial charge in [-0.05, 0) is 40.4 Å². The second-order valence-corrected chi connectivity index (χ2v) is 5.36. The van der Waals surface area contributed by atoms with Crippen LogP contribution in [0.1, 0.15) is 23.7 Å². The highest BCUT2D eigenvalue weighted by Crippen LogP contribution is 2.15. The Morgan fingerprint density at radius 1 is 1.33 bits per heavy atom. The predicted octanol–water partition coefficient (Wildman–Crippen LogP) is 2.53. The van der Waals surface area contributed by atoms with Crippen LogP contribution in [0.15, 0.2) is 41.1 Å². The molecule has 1 heterocycles. The Balaban J connectivity index is 0.00000220. The second kappa shape index (κ2) is 8.67. The summed E-state index contributed by atoms with van der Waals surface area (Å²) in [6.07, 6.45) is 0.324. The van der Waals surface area contributed by atoms with Gasteiger partial charge in [-0.15, -0.1) is 12.4 Å². The molecule has 0 aliphatic heterocycles. The topological polar surface area (TPSA) is 75.4 Å². The average Bonchev–Trinajstić information content (AvgIpc) is 2.98. The smallest absolute Gasteiger partial charge is 0.220 e. The van der Waals surface area contributed by atoms with Crippen LogP contribution in [0.2, 0.25) is 0 Å². The van der Waals surface area contributed by atoms with Crippen molar-refractivity contribution < 1.29 is 9.90 Å². The van der Waals surface area contributed by atoms with Gasteiger partial charge >= 0.3 is 0 Å². The van der Waals surface area contributed by atoms with Gasteiger partial charge in [0.1, 0.15) is 0 Å². The van der Waals surface area contributed by atoms with E-state index in [1.807, 2.05) is 41.1 Å². The number of aliphatic hydroxyl groups is 1. The zero-order chi connectivity index (χ0) is 14.4. The van der Waals surface area contributed by atoms with Gasteiger partial charge in [0, 0.05) is 18.7 Å². The maximum Gasteiger partial charge on any atom is 0.220 e. The number of nitrogens with one attached hydrogen (secondary N) is 1. The van der Waals surface area contributed by atoms with Crippen LogP contribution in [0.3, 0.4) is 0 Å². The molecule has 4 N–H and O–H groups in total. The molecule has 1 atom stereocenters. The molecule has 114 valence electrons. The highest BCUT2D eigenvalue weighted by atomic mass is 35.5. The van der Waals surface area contributed by atoms with E-state index in [1.165, 1.54) is 11.3 Å². The molecule has 0 aliphatic rings. The molecular formula is C15H19ClN2O2S. The third-order valence-corrected chi connectivity index (χ3v) is 3.80. The van der Waals surface area contributed by atoms with Crippen LogP contribution in [-0.2, 0) is 11.2 Å². The Morgan fingerprint density at radius 3 is 2.76 bits per heavy atom. The molecule has 6 heteroatoms. The quantitative estimate of drug-likeness (QED) is 0.714. The van der Waals surface area contributed by atoms with E-state index in [-0.39, 0.29) is 24.9 Å². The maximum absolute atomic E-state index is 11.7. The first kappa shape index (κ1) is 17.5. The Hall–Kier alpha value is -1.56. The van der Waals surface area contributed by atoms with Crippen molar-refractivity contribution in [2.45, 2.75) is 18.9 Å². The third-order valence-electron chi connectivity index (χ3n) is 3.10. The highest BCUT2D eigenvalue weighted by molar-refractivity contribution is 7.07. The molecule has 1 unspecified atom stereocenters. The van der Waals surface area contributed by atoms with Gasteiger partial charge in [0.05, 0.1) is 6.10 Å². The molecule has 1 aromatic heterocycles. The van der Waals surface area contributed by atoms with Crippen molar-refractivity contribution in [1.29, 1.82) is 0 Å². The fraction of sp³-hybridized carbons (Fsp3) is 0.267. The first-order valence-electron chi connectivity index (χ1n) is 6.47. The van der Waals surface area contributed by atoms with E-state index in [1.54, 1.807) is 0 Å². The number of nitrogens with two attached hydrogens (primary N) is 1. The number of carbonyl (C=O) groups excluding carboxylic acids is 1. The van der Waals surface area contributed by atoms with Crippen LogP contribution in [0.5, 0.6) is 0 Å². The van der Waals surface area contributed by atoms with E-state index in [0.717, 1.165) is 11.1 Å². The van der Waals surface area contributed by atoms with Crippen LogP contribution in [0.4, 0.5) is 5.69 Å². The number of carbonyl (C=O) groups is 1. The van der Waals surface area contributed by atoms with Crippen molar-refractivity contribution in [3.63, 3.8) is 0 Å². The number of thiophene rings is 1. The maximum atomic E-state index is 11.7. The minimum atomic E-state index is -0.646. The second-order valence-electron chi connectivity index (χ2n) is 4.58. The molecule has 0 aliphatic carbocycles. The van der Waals surface area contributed by atoms with E-state index >= 15 is 0 Å². The zero-order valence-electron chi connectivity index (χ0n) is 11.5. The van der Waals surface area contributed by atoms with Crippen LogP contribution in [0.25, 0.3) is 0 Å². The van der Waals surface area contributed by atoms with Crippen LogP contribution in [0, 0.1) is 0 Å². The first-order valence-corrected chi connectivity index (χ1v) is 7.41. The monoisotopic (exact) mass is 326 g/mol. The number of hydrogen-bond donors (Lipinski definition) is 3. The molecule has 2 rings (SSSR count). The summed E-state index contributed by atoms with van der Waals surface area (Å²) in [4.78, 5) is 11.7. The summed E-state index contributed by atoms with van der Waals surface area (Å²) in [5, 5.41) is 16.4. The van der Waals surface area contributed by atoms with E-state index in [4.69, 9.17) is 5.73 Å². The lowest BCUT2D eigenvalue weighted by atomic mass is 10.1. The number of hydrogen-bond acceptors (Lipinski definition) is 4. The number of amides is 1. The summed E-state index contributed by atoms with van der Waals surface area (Å²) in [6.45, 7) is 0.236. The van der Waals surface area contributed by atoms with Gasteiger partial charge in [0.15, 0.2) is 0 Å². The summed E-state index contributed by atoms with van der Waals surface area (Å²) in [5.41, 5.74) is 8.34. The molecule has 0 radical (unpaired) electrons. The van der Waals surface area contributed by atoms with Crippen LogP contribution >= 0.6 is 23.7 Å². The summed E-state index contributed by atoms with van der Waals surface area (Å²) in [6, 6.07) is 9.38. The molecule has 0 saturated heterocycles. The molecule has 0 spiro atoms. The Labute approximate surface area is 134 Å². The fourth-order valence-electron chi connectivity index (χ4n) is 1.89. The first-order chi connectivity index (χ1) is 9.66. The largest absolute Gasteiger partial charge is 0.399 e. The van der Waals surface area contributed by atoms with Crippen molar-refractivity contribution in [1.82, 2.24) is 5.32 Å². The Bertz CT molecular complexity index is 561. The molecule has 0 bridgehead atoms. The molecular weight excluding hydrogens is 308 g/mol. The summed E-state index contributed by atoms with van der Waals surface area (Å²) in [7, 11) is 0. The van der Waals surface area contributed by atoms with Crippen molar-refractivity contribution in [3.8, 4) is 0 Å². The molecule has 21 heavy (non-hydrogen) atoms. The normalized spacial score (nSPS) is 11.5. The minimum absolute atomic E-state index is 0. The van der Waals surface area contributed by atoms with Crippen LogP contribution in [-0.4, -0.2) is 17.6 Å². The Kier molecular flexibility index (Phi) is 7.22. The molecule has 1 aromatic carbocycles. The van der Waals surface area contributed by atoms with Crippen molar-refractivity contribution in [2.24, 2.45) is 0 Å².